The van der Waals surface area contributed by atoms with Crippen molar-refractivity contribution in [3.8, 4) is 16.9 Å². The number of ether oxygens (including phenoxy) is 1. The van der Waals surface area contributed by atoms with Gasteiger partial charge in [0.1, 0.15) is 17.7 Å². The number of hydrogen-bond donors (Lipinski definition) is 2. The molecule has 2 N–H and O–H groups in total. The van der Waals surface area contributed by atoms with Gasteiger partial charge >= 0.3 is 5.97 Å². The fraction of sp³-hybridized carbons (Fsp3) is 0.562. The van der Waals surface area contributed by atoms with E-state index in [-0.39, 0.29) is 41.2 Å². The minimum atomic E-state index is -0.904. The summed E-state index contributed by atoms with van der Waals surface area (Å²) in [7, 11) is 2.01. The predicted octanol–water partition coefficient (Wildman–Crippen LogP) is 6.09. The first-order valence-electron chi connectivity index (χ1n) is 14.3. The average molecular weight is 537 g/mol. The SMILES string of the molecule is C[C@@H](C(=O)O)c1ccc(O[C@@H]2CC[C@@H](NC(=O)[C@@H]3CC(C)(C)CN3C)C2)c(-c2cccc(F)c2C2CCC2)c1. The maximum atomic E-state index is 15.1. The topological polar surface area (TPSA) is 78.9 Å². The maximum Gasteiger partial charge on any atom is 0.310 e. The summed E-state index contributed by atoms with van der Waals surface area (Å²) in [5.74, 6) is -0.923. The molecule has 2 aliphatic carbocycles. The number of hydrogen-bond acceptors (Lipinski definition) is 4. The van der Waals surface area contributed by atoms with E-state index in [2.05, 4.69) is 24.1 Å². The molecule has 210 valence electrons. The first-order valence-corrected chi connectivity index (χ1v) is 14.3. The standard InChI is InChI=1S/C32H41FN2O4/c1-19(31(37)38)21-11-14-28(25(15-21)24-9-6-10-26(33)29(24)20-7-5-8-20)39-23-13-12-22(16-23)34-30(36)27-17-32(2,3)18-35(27)4/h6,9-11,14-15,19-20,22-23,27H,5,7-8,12-13,16-18H2,1-4H3,(H,34,36)(H,37,38)/t19-,22-,23-,27+/m1/s1. The molecule has 7 heteroatoms. The van der Waals surface area contributed by atoms with E-state index in [0.717, 1.165) is 56.2 Å². The number of rotatable bonds is 8. The Balaban J connectivity index is 1.36. The van der Waals surface area contributed by atoms with Crippen LogP contribution in [0.15, 0.2) is 36.4 Å². The van der Waals surface area contributed by atoms with Crippen LogP contribution in [0.2, 0.25) is 0 Å². The molecule has 2 aromatic rings. The van der Waals surface area contributed by atoms with E-state index < -0.39 is 11.9 Å². The fourth-order valence-corrected chi connectivity index (χ4v) is 6.63. The Hall–Kier alpha value is -2.93. The van der Waals surface area contributed by atoms with E-state index in [4.69, 9.17) is 4.74 Å². The van der Waals surface area contributed by atoms with Crippen molar-refractivity contribution in [2.24, 2.45) is 5.41 Å². The molecule has 6 nitrogen and oxygen atoms in total. The van der Waals surface area contributed by atoms with Gasteiger partial charge in [0.05, 0.1) is 12.0 Å². The zero-order valence-corrected chi connectivity index (χ0v) is 23.5. The number of nitrogens with zero attached hydrogens (tertiary/aromatic N) is 1. The van der Waals surface area contributed by atoms with Gasteiger partial charge in [-0.1, -0.05) is 38.5 Å². The van der Waals surface area contributed by atoms with E-state index in [1.165, 1.54) is 6.07 Å². The Morgan fingerprint density at radius 1 is 1.13 bits per heavy atom. The van der Waals surface area contributed by atoms with Gasteiger partial charge < -0.3 is 15.2 Å². The van der Waals surface area contributed by atoms with Crippen LogP contribution in [-0.4, -0.2) is 53.7 Å². The number of nitrogens with one attached hydrogen (secondary N) is 1. The number of benzene rings is 2. The Bertz CT molecular complexity index is 1240. The van der Waals surface area contributed by atoms with Crippen LogP contribution in [0, 0.1) is 11.2 Å². The molecule has 2 saturated carbocycles. The number of carboxylic acids is 1. The lowest BCUT2D eigenvalue weighted by molar-refractivity contribution is -0.138. The van der Waals surface area contributed by atoms with Gasteiger partial charge in [0.25, 0.3) is 0 Å². The van der Waals surface area contributed by atoms with E-state index in [1.54, 1.807) is 19.1 Å². The first kappa shape index (κ1) is 27.6. The molecule has 0 unspecified atom stereocenters. The van der Waals surface area contributed by atoms with Crippen LogP contribution in [0.3, 0.4) is 0 Å². The summed E-state index contributed by atoms with van der Waals surface area (Å²) < 4.78 is 21.7. The summed E-state index contributed by atoms with van der Waals surface area (Å²) in [5.41, 5.74) is 3.02. The maximum absolute atomic E-state index is 15.1. The lowest BCUT2D eigenvalue weighted by Crippen LogP contribution is -2.45. The van der Waals surface area contributed by atoms with Crippen molar-refractivity contribution < 1.29 is 23.8 Å². The molecular formula is C32H41FN2O4. The Kier molecular flexibility index (Phi) is 7.73. The van der Waals surface area contributed by atoms with E-state index >= 15 is 4.39 Å². The highest BCUT2D eigenvalue weighted by Gasteiger charge is 2.40. The summed E-state index contributed by atoms with van der Waals surface area (Å²) in [5, 5.41) is 12.9. The summed E-state index contributed by atoms with van der Waals surface area (Å²) in [6.45, 7) is 6.97. The van der Waals surface area contributed by atoms with Crippen LogP contribution in [-0.2, 0) is 9.59 Å². The molecule has 1 amide bonds. The van der Waals surface area contributed by atoms with Crippen molar-refractivity contribution in [2.45, 2.75) is 95.7 Å². The normalized spacial score (nSPS) is 25.7. The van der Waals surface area contributed by atoms with Gasteiger partial charge in [-0.05, 0) is 92.3 Å². The molecule has 5 rings (SSSR count). The Labute approximate surface area is 230 Å². The molecule has 1 heterocycles. The van der Waals surface area contributed by atoms with Gasteiger partial charge in [0.2, 0.25) is 5.91 Å². The van der Waals surface area contributed by atoms with Crippen molar-refractivity contribution in [1.29, 1.82) is 0 Å². The number of carbonyl (C=O) groups is 2. The number of aliphatic carboxylic acids is 1. The molecule has 0 spiro atoms. The number of amides is 1. The average Bonchev–Trinajstić information content (AvgIpc) is 3.40. The summed E-state index contributed by atoms with van der Waals surface area (Å²) in [6.07, 6.45) is 6.10. The second-order valence-electron chi connectivity index (χ2n) is 12.7. The molecule has 3 aliphatic rings. The van der Waals surface area contributed by atoms with Crippen LogP contribution in [0.25, 0.3) is 11.1 Å². The van der Waals surface area contributed by atoms with Crippen molar-refractivity contribution in [3.05, 3.63) is 53.3 Å². The first-order chi connectivity index (χ1) is 18.5. The second kappa shape index (κ2) is 10.9. The van der Waals surface area contributed by atoms with E-state index in [1.807, 2.05) is 25.2 Å². The number of likely N-dealkylation sites (N-methyl/N-ethyl adjacent to an activating group) is 1. The van der Waals surface area contributed by atoms with Crippen molar-refractivity contribution >= 4 is 11.9 Å². The lowest BCUT2D eigenvalue weighted by Gasteiger charge is -2.29. The van der Waals surface area contributed by atoms with Crippen LogP contribution in [0.1, 0.15) is 88.7 Å². The summed E-state index contributed by atoms with van der Waals surface area (Å²) >= 11 is 0. The zero-order valence-electron chi connectivity index (χ0n) is 23.5. The van der Waals surface area contributed by atoms with Gasteiger partial charge in [-0.15, -0.1) is 0 Å². The molecule has 0 bridgehead atoms. The lowest BCUT2D eigenvalue weighted by atomic mass is 9.76. The Morgan fingerprint density at radius 2 is 1.90 bits per heavy atom. The molecular weight excluding hydrogens is 495 g/mol. The highest BCUT2D eigenvalue weighted by Crippen LogP contribution is 2.45. The van der Waals surface area contributed by atoms with E-state index in [0.29, 0.717) is 23.3 Å². The molecule has 1 saturated heterocycles. The number of carboxylic acid groups (broad SMARTS) is 1. The van der Waals surface area contributed by atoms with Crippen molar-refractivity contribution in [1.82, 2.24) is 10.2 Å². The molecule has 3 fully saturated rings. The highest BCUT2D eigenvalue weighted by atomic mass is 19.1. The van der Waals surface area contributed by atoms with Crippen LogP contribution in [0.5, 0.6) is 5.75 Å². The molecule has 1 aliphatic heterocycles. The van der Waals surface area contributed by atoms with Crippen molar-refractivity contribution in [3.63, 3.8) is 0 Å². The van der Waals surface area contributed by atoms with Crippen LogP contribution in [0.4, 0.5) is 4.39 Å². The van der Waals surface area contributed by atoms with Gasteiger partial charge in [-0.25, -0.2) is 4.39 Å². The third kappa shape index (κ3) is 5.84. The minimum Gasteiger partial charge on any atom is -0.490 e. The molecule has 2 aromatic carbocycles. The second-order valence-corrected chi connectivity index (χ2v) is 12.7. The van der Waals surface area contributed by atoms with Gasteiger partial charge in [0, 0.05) is 24.6 Å². The summed E-state index contributed by atoms with van der Waals surface area (Å²) in [4.78, 5) is 26.9. The third-order valence-electron chi connectivity index (χ3n) is 9.01. The predicted molar refractivity (Wildman–Crippen MR) is 149 cm³/mol. The number of halogens is 1. The molecule has 39 heavy (non-hydrogen) atoms. The smallest absolute Gasteiger partial charge is 0.310 e. The van der Waals surface area contributed by atoms with Crippen LogP contribution >= 0.6 is 0 Å². The monoisotopic (exact) mass is 536 g/mol. The molecule has 0 radical (unpaired) electrons. The quantitative estimate of drug-likeness (QED) is 0.427. The highest BCUT2D eigenvalue weighted by molar-refractivity contribution is 5.82. The molecule has 4 atom stereocenters. The largest absolute Gasteiger partial charge is 0.490 e. The van der Waals surface area contributed by atoms with Gasteiger partial charge in [-0.3, -0.25) is 14.5 Å². The van der Waals surface area contributed by atoms with Crippen LogP contribution < -0.4 is 10.1 Å². The molecule has 0 aromatic heterocycles. The number of likely N-dealkylation sites (tertiary alicyclic amines) is 1. The van der Waals surface area contributed by atoms with Crippen molar-refractivity contribution in [2.75, 3.05) is 13.6 Å². The third-order valence-corrected chi connectivity index (χ3v) is 9.01. The zero-order chi connectivity index (χ0) is 27.9. The Morgan fingerprint density at radius 3 is 2.54 bits per heavy atom. The summed E-state index contributed by atoms with van der Waals surface area (Å²) in [6, 6.07) is 10.6. The van der Waals surface area contributed by atoms with E-state index in [9.17, 15) is 14.7 Å². The minimum absolute atomic E-state index is 0.0501. The van der Waals surface area contributed by atoms with Gasteiger partial charge in [-0.2, -0.15) is 0 Å². The fourth-order valence-electron chi connectivity index (χ4n) is 6.63. The van der Waals surface area contributed by atoms with Gasteiger partial charge in [0.15, 0.2) is 0 Å². The number of carbonyl (C=O) groups excluding carboxylic acids is 1.